The van der Waals surface area contributed by atoms with Crippen molar-refractivity contribution in [3.63, 3.8) is 0 Å². The second-order valence-electron chi connectivity index (χ2n) is 11.0. The Balaban J connectivity index is 1.19. The summed E-state index contributed by atoms with van der Waals surface area (Å²) in [6, 6.07) is 12.8. The number of morpholine rings is 1. The molecule has 0 bridgehead atoms. The number of nitrogens with one attached hydrogen (secondary N) is 2. The third-order valence-corrected chi connectivity index (χ3v) is 8.04. The summed E-state index contributed by atoms with van der Waals surface area (Å²) in [5.74, 6) is 1.55. The third-order valence-electron chi connectivity index (χ3n) is 7.17. The summed E-state index contributed by atoms with van der Waals surface area (Å²) in [7, 11) is 0. The van der Waals surface area contributed by atoms with E-state index < -0.39 is 0 Å². The second kappa shape index (κ2) is 14.1. The van der Waals surface area contributed by atoms with Gasteiger partial charge < -0.3 is 14.2 Å². The highest BCUT2D eigenvalue weighted by Gasteiger charge is 2.22. The summed E-state index contributed by atoms with van der Waals surface area (Å²) in [5.41, 5.74) is 3.31. The normalized spacial score (nSPS) is 16.0. The van der Waals surface area contributed by atoms with Crippen LogP contribution in [0.4, 0.5) is 10.1 Å². The molecule has 2 aromatic heterocycles. The standard InChI is InChI=1S/C31H39FN6O2S/c1-21(2)7-5-4-6-14-38-15-16-39-25(19-38)20-40-31-26-18-33-36-30(26)34-29(35-31)23-9-11-24(12-10-23)37-41-28-17-22(3)8-13-27(28)32/h8-13,17-18,21,25,37H,4-7,14-16,19-20H2,1-3H3,(H,33,34,35,36). The predicted octanol–water partition coefficient (Wildman–Crippen LogP) is 6.88. The Bertz CT molecular complexity index is 1410. The first-order valence-electron chi connectivity index (χ1n) is 14.4. The number of fused-ring (bicyclic) bond motifs is 1. The maximum Gasteiger partial charge on any atom is 0.228 e. The molecule has 8 nitrogen and oxygen atoms in total. The van der Waals surface area contributed by atoms with Gasteiger partial charge in [-0.05, 0) is 79.7 Å². The minimum absolute atomic E-state index is 0.0131. The van der Waals surface area contributed by atoms with Crippen molar-refractivity contribution in [2.75, 3.05) is 37.6 Å². The number of nitrogens with zero attached hydrogens (tertiary/aromatic N) is 4. The zero-order chi connectivity index (χ0) is 28.6. The van der Waals surface area contributed by atoms with Crippen LogP contribution < -0.4 is 9.46 Å². The Hall–Kier alpha value is -3.21. The molecule has 0 radical (unpaired) electrons. The molecule has 1 aliphatic heterocycles. The molecule has 1 unspecified atom stereocenters. The average Bonchev–Trinajstić information content (AvgIpc) is 3.46. The highest BCUT2D eigenvalue weighted by Crippen LogP contribution is 2.29. The maximum atomic E-state index is 14.1. The van der Waals surface area contributed by atoms with Crippen LogP contribution in [0.5, 0.6) is 5.88 Å². The van der Waals surface area contributed by atoms with Crippen molar-refractivity contribution >= 4 is 28.7 Å². The Morgan fingerprint density at radius 3 is 2.83 bits per heavy atom. The number of hydrogen-bond acceptors (Lipinski definition) is 8. The molecule has 3 heterocycles. The fourth-order valence-electron chi connectivity index (χ4n) is 4.86. The number of benzene rings is 2. The quantitative estimate of drug-likeness (QED) is 0.131. The number of ether oxygens (including phenoxy) is 2. The molecule has 41 heavy (non-hydrogen) atoms. The molecule has 5 rings (SSSR count). The summed E-state index contributed by atoms with van der Waals surface area (Å²) >= 11 is 1.24. The number of aryl methyl sites for hydroxylation is 1. The number of aromatic amines is 1. The van der Waals surface area contributed by atoms with Gasteiger partial charge in [-0.2, -0.15) is 10.1 Å². The molecule has 0 amide bonds. The summed E-state index contributed by atoms with van der Waals surface area (Å²) in [5, 5.41) is 7.83. The van der Waals surface area contributed by atoms with Gasteiger partial charge in [0, 0.05) is 24.3 Å². The Morgan fingerprint density at radius 1 is 1.15 bits per heavy atom. The SMILES string of the molecule is Cc1ccc(F)c(SNc2ccc(-c3nc(OCC4CN(CCCCCC(C)C)CCO4)c4cn[nH]c4n3)cc2)c1. The fraction of sp³-hybridized carbons (Fsp3) is 0.452. The molecule has 1 aliphatic rings. The van der Waals surface area contributed by atoms with Gasteiger partial charge in [-0.1, -0.05) is 39.2 Å². The van der Waals surface area contributed by atoms with E-state index in [9.17, 15) is 4.39 Å². The second-order valence-corrected chi connectivity index (χ2v) is 11.9. The number of anilines is 1. The lowest BCUT2D eigenvalue weighted by molar-refractivity contribution is -0.0485. The van der Waals surface area contributed by atoms with Gasteiger partial charge in [-0.15, -0.1) is 0 Å². The van der Waals surface area contributed by atoms with Gasteiger partial charge in [0.2, 0.25) is 5.88 Å². The highest BCUT2D eigenvalue weighted by molar-refractivity contribution is 8.00. The highest BCUT2D eigenvalue weighted by atomic mass is 32.2. The minimum atomic E-state index is -0.248. The molecule has 2 N–H and O–H groups in total. The monoisotopic (exact) mass is 578 g/mol. The van der Waals surface area contributed by atoms with E-state index in [4.69, 9.17) is 14.5 Å². The van der Waals surface area contributed by atoms with Crippen molar-refractivity contribution in [1.29, 1.82) is 0 Å². The summed E-state index contributed by atoms with van der Waals surface area (Å²) < 4.78 is 29.5. The lowest BCUT2D eigenvalue weighted by Gasteiger charge is -2.32. The van der Waals surface area contributed by atoms with E-state index in [0.717, 1.165) is 47.8 Å². The molecule has 1 fully saturated rings. The lowest BCUT2D eigenvalue weighted by atomic mass is 10.1. The molecule has 0 spiro atoms. The van der Waals surface area contributed by atoms with Crippen LogP contribution in [0, 0.1) is 18.7 Å². The first-order valence-corrected chi connectivity index (χ1v) is 15.2. The van der Waals surface area contributed by atoms with Gasteiger partial charge in [0.25, 0.3) is 0 Å². The third kappa shape index (κ3) is 8.18. The molecule has 1 saturated heterocycles. The molecular weight excluding hydrogens is 539 g/mol. The molecule has 2 aromatic carbocycles. The Morgan fingerprint density at radius 2 is 2.00 bits per heavy atom. The van der Waals surface area contributed by atoms with Gasteiger partial charge in [0.05, 0.1) is 17.7 Å². The van der Waals surface area contributed by atoms with Crippen LogP contribution in [-0.4, -0.2) is 64.0 Å². The molecule has 0 saturated carbocycles. The Labute approximate surface area is 245 Å². The van der Waals surface area contributed by atoms with Crippen molar-refractivity contribution in [3.05, 3.63) is 60.0 Å². The predicted molar refractivity (Wildman–Crippen MR) is 163 cm³/mol. The van der Waals surface area contributed by atoms with Crippen LogP contribution in [0.2, 0.25) is 0 Å². The van der Waals surface area contributed by atoms with Crippen molar-refractivity contribution in [2.24, 2.45) is 5.92 Å². The average molecular weight is 579 g/mol. The van der Waals surface area contributed by atoms with E-state index in [0.29, 0.717) is 35.5 Å². The largest absolute Gasteiger partial charge is 0.474 e. The van der Waals surface area contributed by atoms with Crippen LogP contribution in [0.25, 0.3) is 22.4 Å². The molecule has 10 heteroatoms. The Kier molecular flexibility index (Phi) is 10.1. The van der Waals surface area contributed by atoms with Crippen molar-refractivity contribution < 1.29 is 13.9 Å². The van der Waals surface area contributed by atoms with Gasteiger partial charge in [0.15, 0.2) is 11.5 Å². The zero-order valence-electron chi connectivity index (χ0n) is 24.0. The number of hydrogen-bond donors (Lipinski definition) is 2. The van der Waals surface area contributed by atoms with Crippen LogP contribution >= 0.6 is 11.9 Å². The van der Waals surface area contributed by atoms with Gasteiger partial charge in [0.1, 0.15) is 23.9 Å². The van der Waals surface area contributed by atoms with Gasteiger partial charge in [-0.3, -0.25) is 10.00 Å². The fourth-order valence-corrected chi connectivity index (χ4v) is 5.63. The number of halogens is 1. The molecule has 1 atom stereocenters. The van der Waals surface area contributed by atoms with Gasteiger partial charge >= 0.3 is 0 Å². The van der Waals surface area contributed by atoms with Crippen molar-refractivity contribution in [3.8, 4) is 17.3 Å². The lowest BCUT2D eigenvalue weighted by Crippen LogP contribution is -2.45. The minimum Gasteiger partial charge on any atom is -0.474 e. The summed E-state index contributed by atoms with van der Waals surface area (Å²) in [6.45, 7) is 10.6. The van der Waals surface area contributed by atoms with E-state index in [1.54, 1.807) is 12.3 Å². The first kappa shape index (κ1) is 29.3. The van der Waals surface area contributed by atoms with E-state index in [1.807, 2.05) is 37.3 Å². The number of unbranched alkanes of at least 4 members (excludes halogenated alkanes) is 2. The van der Waals surface area contributed by atoms with Crippen LogP contribution in [0.1, 0.15) is 45.1 Å². The number of H-pyrrole nitrogens is 1. The van der Waals surface area contributed by atoms with Crippen molar-refractivity contribution in [1.82, 2.24) is 25.1 Å². The van der Waals surface area contributed by atoms with Crippen molar-refractivity contribution in [2.45, 2.75) is 57.5 Å². The smallest absolute Gasteiger partial charge is 0.228 e. The van der Waals surface area contributed by atoms with E-state index in [2.05, 4.69) is 38.7 Å². The van der Waals surface area contributed by atoms with Crippen LogP contribution in [-0.2, 0) is 4.74 Å². The maximum absolute atomic E-state index is 14.1. The van der Waals surface area contributed by atoms with E-state index in [-0.39, 0.29) is 11.9 Å². The molecule has 4 aromatic rings. The topological polar surface area (TPSA) is 88.2 Å². The zero-order valence-corrected chi connectivity index (χ0v) is 24.8. The summed E-state index contributed by atoms with van der Waals surface area (Å²) in [6.07, 6.45) is 6.78. The molecule has 218 valence electrons. The summed E-state index contributed by atoms with van der Waals surface area (Å²) in [4.78, 5) is 12.4. The van der Waals surface area contributed by atoms with E-state index >= 15 is 0 Å². The number of rotatable bonds is 13. The number of aromatic nitrogens is 4. The molecule has 0 aliphatic carbocycles. The van der Waals surface area contributed by atoms with Gasteiger partial charge in [-0.25, -0.2) is 9.37 Å². The molecular formula is C31H39FN6O2S. The first-order chi connectivity index (χ1) is 19.9. The van der Waals surface area contributed by atoms with E-state index in [1.165, 1.54) is 43.7 Å². The van der Waals surface area contributed by atoms with Crippen LogP contribution in [0.3, 0.4) is 0 Å². The van der Waals surface area contributed by atoms with Crippen LogP contribution in [0.15, 0.2) is 53.6 Å².